The van der Waals surface area contributed by atoms with Crippen LogP contribution in [0.5, 0.6) is 0 Å². The summed E-state index contributed by atoms with van der Waals surface area (Å²) in [5.74, 6) is -1.55. The molecule has 9 heteroatoms. The molecular weight excluding hydrogens is 501 g/mol. The Hall–Kier alpha value is -3.26. The molecule has 3 unspecified atom stereocenters. The number of ketones is 1. The predicted octanol–water partition coefficient (Wildman–Crippen LogP) is 5.81. The molecule has 6 rings (SSSR count). The topological polar surface area (TPSA) is 92.5 Å². The normalized spacial score (nSPS) is 26.6. The summed E-state index contributed by atoms with van der Waals surface area (Å²) in [6.07, 6.45) is 1.68. The molecule has 0 bridgehead atoms. The van der Waals surface area contributed by atoms with Crippen molar-refractivity contribution in [2.45, 2.75) is 30.3 Å². The number of hydrogen-bond acceptors (Lipinski definition) is 5. The van der Waals surface area contributed by atoms with Crippen LogP contribution in [-0.4, -0.2) is 34.1 Å². The summed E-state index contributed by atoms with van der Waals surface area (Å²) in [6, 6.07) is 18.2. The van der Waals surface area contributed by atoms with Crippen LogP contribution in [0.25, 0.3) is 0 Å². The first-order valence-electron chi connectivity index (χ1n) is 11.7. The summed E-state index contributed by atoms with van der Waals surface area (Å²) in [4.78, 5) is 41.3. The minimum absolute atomic E-state index is 0.0222. The molecule has 3 aliphatic rings. The Bertz CT molecular complexity index is 1410. The number of nitrogens with one attached hydrogen (secondary N) is 1. The van der Waals surface area contributed by atoms with Gasteiger partial charge in [0, 0.05) is 51.0 Å². The number of rotatable bonds is 4. The van der Waals surface area contributed by atoms with Crippen LogP contribution in [0.2, 0.25) is 10.0 Å². The standard InChI is InChI=1S/C27H21Cl2N3O4/c28-17-7-3-16(4-8-17)25(33)24-23(15-5-10-19(11-6-15)32(35)36)22-2-1-13-31(22)27(24)20-14-18(29)9-12-21(20)30-26(27)34/h3-12,14,22-24H,1-2,13H2,(H,30,34)/t22?,23?,24?,27-/m1/s1. The van der Waals surface area contributed by atoms with Crippen LogP contribution < -0.4 is 5.32 Å². The summed E-state index contributed by atoms with van der Waals surface area (Å²) in [7, 11) is 0. The maximum atomic E-state index is 14.4. The molecule has 2 saturated heterocycles. The van der Waals surface area contributed by atoms with Crippen molar-refractivity contribution in [2.24, 2.45) is 5.92 Å². The van der Waals surface area contributed by atoms with E-state index in [1.807, 2.05) is 0 Å². The monoisotopic (exact) mass is 521 g/mol. The molecule has 7 nitrogen and oxygen atoms in total. The van der Waals surface area contributed by atoms with Crippen molar-refractivity contribution in [3.05, 3.63) is 104 Å². The molecule has 4 atom stereocenters. The highest BCUT2D eigenvalue weighted by Crippen LogP contribution is 2.61. The molecule has 36 heavy (non-hydrogen) atoms. The van der Waals surface area contributed by atoms with Crippen molar-refractivity contribution in [3.63, 3.8) is 0 Å². The van der Waals surface area contributed by atoms with Gasteiger partial charge in [0.1, 0.15) is 5.54 Å². The molecule has 0 aromatic heterocycles. The summed E-state index contributed by atoms with van der Waals surface area (Å²) in [6.45, 7) is 0.651. The zero-order valence-corrected chi connectivity index (χ0v) is 20.5. The summed E-state index contributed by atoms with van der Waals surface area (Å²) >= 11 is 12.5. The number of amides is 1. The van der Waals surface area contributed by atoms with Crippen molar-refractivity contribution in [2.75, 3.05) is 11.9 Å². The van der Waals surface area contributed by atoms with E-state index in [2.05, 4.69) is 10.2 Å². The second-order valence-electron chi connectivity index (χ2n) is 9.54. The highest BCUT2D eigenvalue weighted by molar-refractivity contribution is 6.31. The Balaban J connectivity index is 1.59. The Morgan fingerprint density at radius 2 is 1.72 bits per heavy atom. The molecule has 0 radical (unpaired) electrons. The Morgan fingerprint density at radius 3 is 2.42 bits per heavy atom. The average molecular weight is 522 g/mol. The van der Waals surface area contributed by atoms with Crippen LogP contribution in [0, 0.1) is 16.0 Å². The first-order chi connectivity index (χ1) is 17.3. The zero-order valence-electron chi connectivity index (χ0n) is 19.0. The molecule has 3 aliphatic heterocycles. The Kier molecular flexibility index (Phi) is 5.41. The number of halogens is 2. The van der Waals surface area contributed by atoms with Gasteiger partial charge in [-0.15, -0.1) is 0 Å². The van der Waals surface area contributed by atoms with E-state index in [4.69, 9.17) is 23.2 Å². The van der Waals surface area contributed by atoms with Gasteiger partial charge >= 0.3 is 0 Å². The van der Waals surface area contributed by atoms with Gasteiger partial charge in [-0.1, -0.05) is 35.3 Å². The molecule has 3 aromatic rings. The lowest BCUT2D eigenvalue weighted by molar-refractivity contribution is -0.384. The molecule has 3 heterocycles. The third-order valence-electron chi connectivity index (χ3n) is 7.86. The van der Waals surface area contributed by atoms with Gasteiger partial charge in [-0.3, -0.25) is 24.6 Å². The molecular formula is C27H21Cl2N3O4. The van der Waals surface area contributed by atoms with Gasteiger partial charge in [0.25, 0.3) is 5.69 Å². The SMILES string of the molecule is O=C(c1ccc(Cl)cc1)C1C(c2ccc([N+](=O)[O-])cc2)C2CCCN2[C@@]12C(=O)Nc1ccc(Cl)cc12. The van der Waals surface area contributed by atoms with E-state index in [1.165, 1.54) is 12.1 Å². The van der Waals surface area contributed by atoms with Crippen LogP contribution in [0.3, 0.4) is 0 Å². The first kappa shape index (κ1) is 23.2. The molecule has 1 amide bonds. The van der Waals surface area contributed by atoms with Crippen molar-refractivity contribution < 1.29 is 14.5 Å². The minimum Gasteiger partial charge on any atom is -0.324 e. The number of anilines is 1. The van der Waals surface area contributed by atoms with Crippen LogP contribution in [-0.2, 0) is 10.3 Å². The number of hydrogen-bond donors (Lipinski definition) is 1. The van der Waals surface area contributed by atoms with Crippen LogP contribution >= 0.6 is 23.2 Å². The number of nitrogens with zero attached hydrogens (tertiary/aromatic N) is 2. The fraction of sp³-hybridized carbons (Fsp3) is 0.259. The van der Waals surface area contributed by atoms with E-state index in [1.54, 1.807) is 54.6 Å². The van der Waals surface area contributed by atoms with Crippen molar-refractivity contribution in [1.29, 1.82) is 0 Å². The van der Waals surface area contributed by atoms with Crippen LogP contribution in [0.4, 0.5) is 11.4 Å². The second kappa shape index (κ2) is 8.40. The third kappa shape index (κ3) is 3.23. The lowest BCUT2D eigenvalue weighted by atomic mass is 9.69. The molecule has 0 aliphatic carbocycles. The number of non-ortho nitro benzene ring substituents is 1. The second-order valence-corrected chi connectivity index (χ2v) is 10.4. The molecule has 182 valence electrons. The summed E-state index contributed by atoms with van der Waals surface area (Å²) in [5, 5.41) is 15.3. The maximum Gasteiger partial charge on any atom is 0.269 e. The lowest BCUT2D eigenvalue weighted by Crippen LogP contribution is -2.52. The van der Waals surface area contributed by atoms with E-state index in [0.29, 0.717) is 33.4 Å². The summed E-state index contributed by atoms with van der Waals surface area (Å²) in [5.41, 5.74) is 1.33. The van der Waals surface area contributed by atoms with Gasteiger partial charge in [0.05, 0.1) is 10.8 Å². The van der Waals surface area contributed by atoms with E-state index < -0.39 is 16.4 Å². The quantitative estimate of drug-likeness (QED) is 0.265. The lowest BCUT2D eigenvalue weighted by Gasteiger charge is -2.37. The van der Waals surface area contributed by atoms with Gasteiger partial charge in [0.2, 0.25) is 5.91 Å². The Morgan fingerprint density at radius 1 is 1.03 bits per heavy atom. The van der Waals surface area contributed by atoms with Crippen molar-refractivity contribution in [1.82, 2.24) is 4.90 Å². The Labute approximate surface area is 217 Å². The molecule has 2 fully saturated rings. The van der Waals surface area contributed by atoms with Gasteiger partial charge in [-0.05, 0) is 67.4 Å². The number of fused-ring (bicyclic) bond motifs is 4. The summed E-state index contributed by atoms with van der Waals surface area (Å²) < 4.78 is 0. The van der Waals surface area contributed by atoms with Crippen molar-refractivity contribution >= 4 is 46.3 Å². The largest absolute Gasteiger partial charge is 0.324 e. The average Bonchev–Trinajstić information content (AvgIpc) is 3.52. The molecule has 0 saturated carbocycles. The van der Waals surface area contributed by atoms with E-state index in [9.17, 15) is 19.7 Å². The number of carbonyl (C=O) groups is 2. The highest BCUT2D eigenvalue weighted by Gasteiger charge is 2.69. The highest BCUT2D eigenvalue weighted by atomic mass is 35.5. The van der Waals surface area contributed by atoms with E-state index >= 15 is 0 Å². The van der Waals surface area contributed by atoms with Gasteiger partial charge in [-0.25, -0.2) is 0 Å². The van der Waals surface area contributed by atoms with Crippen molar-refractivity contribution in [3.8, 4) is 0 Å². The predicted molar refractivity (Wildman–Crippen MR) is 137 cm³/mol. The minimum atomic E-state index is -1.25. The smallest absolute Gasteiger partial charge is 0.269 e. The molecule has 1 spiro atoms. The number of benzene rings is 3. The van der Waals surface area contributed by atoms with E-state index in [-0.39, 0.29) is 29.3 Å². The fourth-order valence-corrected chi connectivity index (χ4v) is 6.82. The first-order valence-corrected chi connectivity index (χ1v) is 12.5. The molecule has 1 N–H and O–H groups in total. The fourth-order valence-electron chi connectivity index (χ4n) is 6.52. The van der Waals surface area contributed by atoms with Gasteiger partial charge < -0.3 is 5.32 Å². The number of nitro benzene ring substituents is 1. The molecule has 3 aromatic carbocycles. The van der Waals surface area contributed by atoms with Crippen LogP contribution in [0.1, 0.15) is 40.2 Å². The number of nitro groups is 1. The number of Topliss-reactive ketones (excluding diaryl/α,β-unsaturated/α-hetero) is 1. The maximum absolute atomic E-state index is 14.4. The van der Waals surface area contributed by atoms with E-state index in [0.717, 1.165) is 18.4 Å². The van der Waals surface area contributed by atoms with Gasteiger partial charge in [0.15, 0.2) is 5.78 Å². The number of carbonyl (C=O) groups excluding carboxylic acids is 2. The van der Waals surface area contributed by atoms with Crippen LogP contribution in [0.15, 0.2) is 66.7 Å². The zero-order chi connectivity index (χ0) is 25.2. The van der Waals surface area contributed by atoms with Gasteiger partial charge in [-0.2, -0.15) is 0 Å². The third-order valence-corrected chi connectivity index (χ3v) is 8.35.